The summed E-state index contributed by atoms with van der Waals surface area (Å²) in [5.41, 5.74) is 2.25. The number of allylic oxidation sites excluding steroid dienone is 1. The van der Waals surface area contributed by atoms with Gasteiger partial charge < -0.3 is 19.3 Å². The summed E-state index contributed by atoms with van der Waals surface area (Å²) >= 11 is 0. The summed E-state index contributed by atoms with van der Waals surface area (Å²) in [7, 11) is 1.16. The Morgan fingerprint density at radius 3 is 2.44 bits per heavy atom. The van der Waals surface area contributed by atoms with Crippen molar-refractivity contribution in [3.8, 4) is 0 Å². The third-order valence-corrected chi connectivity index (χ3v) is 6.59. The molecule has 2 aromatic rings. The second-order valence-corrected chi connectivity index (χ2v) is 9.75. The zero-order valence-electron chi connectivity index (χ0n) is 23.4. The summed E-state index contributed by atoms with van der Waals surface area (Å²) in [4.78, 5) is 66.0. The fourth-order valence-electron chi connectivity index (χ4n) is 4.60. The molecule has 1 saturated heterocycles. The number of methoxy groups -OCH3 is 1. The van der Waals surface area contributed by atoms with Crippen LogP contribution in [0.5, 0.6) is 0 Å². The van der Waals surface area contributed by atoms with E-state index in [9.17, 15) is 24.0 Å². The third-order valence-electron chi connectivity index (χ3n) is 6.59. The molecule has 1 heterocycles. The van der Waals surface area contributed by atoms with Crippen molar-refractivity contribution in [1.29, 1.82) is 0 Å². The van der Waals surface area contributed by atoms with Gasteiger partial charge in [-0.25, -0.2) is 9.69 Å². The van der Waals surface area contributed by atoms with Crippen molar-refractivity contribution in [3.05, 3.63) is 77.4 Å². The van der Waals surface area contributed by atoms with E-state index in [0.29, 0.717) is 24.8 Å². The number of cyclic esters (lactones) is 1. The van der Waals surface area contributed by atoms with Crippen molar-refractivity contribution in [2.45, 2.75) is 57.8 Å². The number of carbonyl (C=O) groups is 5. The number of rotatable bonds is 14. The van der Waals surface area contributed by atoms with Gasteiger partial charge in [0.2, 0.25) is 0 Å². The zero-order chi connectivity index (χ0) is 29.9. The molecule has 1 fully saturated rings. The molecule has 0 unspecified atom stereocenters. The molecule has 10 heteroatoms. The fraction of sp³-hybridized carbons (Fsp3) is 0.387. The Morgan fingerprint density at radius 1 is 1.07 bits per heavy atom. The smallest absolute Gasteiger partial charge is 0.417 e. The summed E-state index contributed by atoms with van der Waals surface area (Å²) in [6.45, 7) is 2.78. The number of nitrogens with zero attached hydrogens (tertiary/aromatic N) is 1. The van der Waals surface area contributed by atoms with Crippen LogP contribution in [-0.4, -0.2) is 78.1 Å². The van der Waals surface area contributed by atoms with Gasteiger partial charge in [-0.2, -0.15) is 0 Å². The van der Waals surface area contributed by atoms with E-state index >= 15 is 0 Å². The molecule has 1 aliphatic heterocycles. The number of aliphatic hydroxyl groups is 1. The van der Waals surface area contributed by atoms with Gasteiger partial charge in [-0.05, 0) is 43.4 Å². The molecule has 41 heavy (non-hydrogen) atoms. The van der Waals surface area contributed by atoms with E-state index in [0.717, 1.165) is 36.1 Å². The van der Waals surface area contributed by atoms with Crippen molar-refractivity contribution in [1.82, 2.24) is 4.90 Å². The Morgan fingerprint density at radius 2 is 1.80 bits per heavy atom. The number of imide groups is 1. The molecule has 0 aliphatic carbocycles. The molecular formula is C31H35NO9. The standard InChI is InChI=1S/C31H35NO9/c1-20-10-9-13-23(16-20)25(26(35)14-7-8-15-33)18-27(36)28(41-21(2)34)29(39-3)30(37)32-24(19-40-31(32)38)17-22-11-5-4-6-12-22/h4-6,9-13,16,18,24,28-29,33H,7-8,14-15,17,19H2,1-3H3/t24-,28+,29-/m1/s1. The summed E-state index contributed by atoms with van der Waals surface area (Å²) in [6.07, 6.45) is -2.13. The molecule has 3 rings (SSSR count). The minimum atomic E-state index is -1.78. The number of benzene rings is 2. The average molecular weight is 566 g/mol. The second kappa shape index (κ2) is 15.0. The summed E-state index contributed by atoms with van der Waals surface area (Å²) in [5, 5.41) is 9.11. The largest absolute Gasteiger partial charge is 0.451 e. The minimum absolute atomic E-state index is 0.0537. The maximum Gasteiger partial charge on any atom is 0.417 e. The normalized spacial score (nSPS) is 16.6. The highest BCUT2D eigenvalue weighted by Gasteiger charge is 2.46. The Bertz CT molecular complexity index is 1290. The van der Waals surface area contributed by atoms with Crippen LogP contribution in [0.15, 0.2) is 60.7 Å². The van der Waals surface area contributed by atoms with E-state index < -0.39 is 42.0 Å². The Labute approximate surface area is 238 Å². The lowest BCUT2D eigenvalue weighted by molar-refractivity contribution is -0.166. The predicted molar refractivity (Wildman–Crippen MR) is 149 cm³/mol. The lowest BCUT2D eigenvalue weighted by Gasteiger charge is -2.28. The molecule has 2 aromatic carbocycles. The van der Waals surface area contributed by atoms with Crippen molar-refractivity contribution >= 4 is 35.1 Å². The molecule has 1 aliphatic rings. The van der Waals surface area contributed by atoms with Gasteiger partial charge in [0.25, 0.3) is 5.91 Å². The number of aliphatic hydroxyl groups excluding tert-OH is 1. The van der Waals surface area contributed by atoms with Gasteiger partial charge in [-0.15, -0.1) is 0 Å². The third kappa shape index (κ3) is 8.42. The van der Waals surface area contributed by atoms with Crippen LogP contribution in [-0.2, 0) is 39.8 Å². The first-order chi connectivity index (χ1) is 19.7. The topological polar surface area (TPSA) is 137 Å². The SMILES string of the molecule is CO[C@@H](C(=O)N1C(=O)OC[C@H]1Cc1ccccc1)[C@@H](OC(C)=O)C(=O)C=C(C(=O)CCCCO)c1cccc(C)c1. The highest BCUT2D eigenvalue weighted by Crippen LogP contribution is 2.24. The number of ketones is 2. The van der Waals surface area contributed by atoms with Crippen molar-refractivity contribution < 1.29 is 43.3 Å². The van der Waals surface area contributed by atoms with Crippen LogP contribution in [0.4, 0.5) is 4.79 Å². The molecular weight excluding hydrogens is 530 g/mol. The first kappa shape index (κ1) is 31.4. The number of ether oxygens (including phenoxy) is 3. The molecule has 3 atom stereocenters. The van der Waals surface area contributed by atoms with Crippen LogP contribution in [0.3, 0.4) is 0 Å². The Kier molecular flexibility index (Phi) is 11.5. The van der Waals surface area contributed by atoms with Gasteiger partial charge in [0.05, 0.1) is 6.04 Å². The lowest BCUT2D eigenvalue weighted by Crippen LogP contribution is -2.53. The maximum atomic E-state index is 13.7. The number of unbranched alkanes of at least 4 members (excludes halogenated alkanes) is 1. The molecule has 218 valence electrons. The Balaban J connectivity index is 1.96. The van der Waals surface area contributed by atoms with E-state index in [4.69, 9.17) is 19.3 Å². The number of carbonyl (C=O) groups excluding carboxylic acids is 5. The number of Topliss-reactive ketones (excluding diaryl/α,β-unsaturated/α-hetero) is 1. The second-order valence-electron chi connectivity index (χ2n) is 9.75. The highest BCUT2D eigenvalue weighted by molar-refractivity contribution is 6.25. The number of hydrogen-bond donors (Lipinski definition) is 1. The Hall–Kier alpha value is -4.15. The van der Waals surface area contributed by atoms with Crippen LogP contribution in [0.2, 0.25) is 0 Å². The fourth-order valence-corrected chi connectivity index (χ4v) is 4.60. The van der Waals surface area contributed by atoms with Crippen LogP contribution >= 0.6 is 0 Å². The average Bonchev–Trinajstić information content (AvgIpc) is 3.31. The van der Waals surface area contributed by atoms with Crippen molar-refractivity contribution in [2.75, 3.05) is 20.3 Å². The van der Waals surface area contributed by atoms with E-state index in [2.05, 4.69) is 0 Å². The van der Waals surface area contributed by atoms with Crippen LogP contribution in [0.25, 0.3) is 5.57 Å². The van der Waals surface area contributed by atoms with Crippen molar-refractivity contribution in [2.24, 2.45) is 0 Å². The van der Waals surface area contributed by atoms with Crippen LogP contribution in [0, 0.1) is 6.92 Å². The van der Waals surface area contributed by atoms with Gasteiger partial charge in [-0.3, -0.25) is 19.2 Å². The monoisotopic (exact) mass is 565 g/mol. The highest BCUT2D eigenvalue weighted by atomic mass is 16.6. The molecule has 0 bridgehead atoms. The molecule has 0 radical (unpaired) electrons. The predicted octanol–water partition coefficient (Wildman–Crippen LogP) is 3.22. The van der Waals surface area contributed by atoms with E-state index in [1.165, 1.54) is 0 Å². The molecule has 2 amide bonds. The van der Waals surface area contributed by atoms with Crippen LogP contribution < -0.4 is 0 Å². The van der Waals surface area contributed by atoms with E-state index in [-0.39, 0.29) is 31.0 Å². The first-order valence-electron chi connectivity index (χ1n) is 13.4. The van der Waals surface area contributed by atoms with Gasteiger partial charge in [0, 0.05) is 32.6 Å². The summed E-state index contributed by atoms with van der Waals surface area (Å²) in [6, 6.07) is 15.5. The summed E-state index contributed by atoms with van der Waals surface area (Å²) < 4.78 is 15.8. The van der Waals surface area contributed by atoms with Crippen molar-refractivity contribution in [3.63, 3.8) is 0 Å². The molecule has 0 spiro atoms. The van der Waals surface area contributed by atoms with Gasteiger partial charge in [0.1, 0.15) is 6.61 Å². The van der Waals surface area contributed by atoms with Gasteiger partial charge >= 0.3 is 12.1 Å². The number of hydrogen-bond acceptors (Lipinski definition) is 9. The lowest BCUT2D eigenvalue weighted by atomic mass is 9.94. The zero-order valence-corrected chi connectivity index (χ0v) is 23.4. The molecule has 0 saturated carbocycles. The first-order valence-corrected chi connectivity index (χ1v) is 13.4. The number of esters is 1. The molecule has 1 N–H and O–H groups in total. The summed E-state index contributed by atoms with van der Waals surface area (Å²) in [5.74, 6) is -2.98. The molecule has 0 aromatic heterocycles. The number of amides is 2. The maximum absolute atomic E-state index is 13.7. The minimum Gasteiger partial charge on any atom is -0.451 e. The van der Waals surface area contributed by atoms with E-state index in [1.807, 2.05) is 43.3 Å². The van der Waals surface area contributed by atoms with Gasteiger partial charge in [0.15, 0.2) is 23.8 Å². The van der Waals surface area contributed by atoms with Gasteiger partial charge in [-0.1, -0.05) is 60.2 Å². The quantitative estimate of drug-likeness (QED) is 0.208. The molecule has 10 nitrogen and oxygen atoms in total. The van der Waals surface area contributed by atoms with E-state index in [1.54, 1.807) is 18.2 Å². The number of aryl methyl sites for hydroxylation is 1. The van der Waals surface area contributed by atoms with Crippen LogP contribution in [0.1, 0.15) is 42.9 Å².